The molecule has 2 rings (SSSR count). The van der Waals surface area contributed by atoms with Crippen molar-refractivity contribution < 1.29 is 28.8 Å². The zero-order valence-corrected chi connectivity index (χ0v) is 18.3. The molecule has 0 spiro atoms. The highest BCUT2D eigenvalue weighted by atomic mass is 31.2. The van der Waals surface area contributed by atoms with E-state index in [1.54, 1.807) is 0 Å². The second kappa shape index (κ2) is 11.8. The van der Waals surface area contributed by atoms with Gasteiger partial charge in [-0.1, -0.05) is 0 Å². The van der Waals surface area contributed by atoms with Gasteiger partial charge >= 0.3 is 5.97 Å². The molecule has 2 fully saturated rings. The number of hydrogen-bond donors (Lipinski definition) is 3. The SMILES string of the molecule is O=C(O)CN1CCCN2CCN(CCCN(CP(=O)(O)C[PH](=O)O)CC2)CC1. The molecular weight excluding hydrogens is 406 g/mol. The van der Waals surface area contributed by atoms with Crippen molar-refractivity contribution in [3.05, 3.63) is 0 Å². The first kappa shape index (κ1) is 24.0. The van der Waals surface area contributed by atoms with E-state index in [2.05, 4.69) is 9.80 Å². The van der Waals surface area contributed by atoms with Gasteiger partial charge in [0.05, 0.1) is 12.8 Å². The smallest absolute Gasteiger partial charge is 0.317 e. The Labute approximate surface area is 167 Å². The Bertz CT molecular complexity index is 581. The third kappa shape index (κ3) is 9.46. The fourth-order valence-electron chi connectivity index (χ4n) is 3.84. The molecule has 0 aliphatic carbocycles. The normalized spacial score (nSPS) is 29.6. The van der Waals surface area contributed by atoms with Crippen LogP contribution in [-0.4, -0.2) is 125 Å². The van der Waals surface area contributed by atoms with Crippen LogP contribution in [0.5, 0.6) is 0 Å². The molecular formula is C16H34N4O6P2. The van der Waals surface area contributed by atoms with E-state index in [0.29, 0.717) is 13.1 Å². The summed E-state index contributed by atoms with van der Waals surface area (Å²) in [4.78, 5) is 38.7. The van der Waals surface area contributed by atoms with E-state index in [4.69, 9.17) is 10.00 Å². The van der Waals surface area contributed by atoms with Crippen LogP contribution in [0.3, 0.4) is 0 Å². The summed E-state index contributed by atoms with van der Waals surface area (Å²) in [5.74, 6) is -1.31. The second-order valence-electron chi connectivity index (χ2n) is 7.72. The summed E-state index contributed by atoms with van der Waals surface area (Å²) in [6.45, 7) is 8.00. The minimum absolute atomic E-state index is 0.0375. The van der Waals surface area contributed by atoms with Gasteiger partial charge in [-0.15, -0.1) is 0 Å². The summed E-state index contributed by atoms with van der Waals surface area (Å²) in [5.41, 5.74) is 0. The van der Waals surface area contributed by atoms with Crippen molar-refractivity contribution in [3.8, 4) is 0 Å². The Morgan fingerprint density at radius 3 is 1.89 bits per heavy atom. The number of hydrogen-bond acceptors (Lipinski definition) is 7. The fourth-order valence-corrected chi connectivity index (χ4v) is 6.84. The minimum Gasteiger partial charge on any atom is -0.480 e. The molecule has 28 heavy (non-hydrogen) atoms. The lowest BCUT2D eigenvalue weighted by Gasteiger charge is -2.35. The number of rotatable bonds is 6. The van der Waals surface area contributed by atoms with E-state index >= 15 is 0 Å². The fraction of sp³-hybridized carbons (Fsp3) is 0.938. The highest BCUT2D eigenvalue weighted by Crippen LogP contribution is 2.47. The van der Waals surface area contributed by atoms with Crippen LogP contribution in [0.2, 0.25) is 0 Å². The highest BCUT2D eigenvalue weighted by molar-refractivity contribution is 7.68. The number of carboxylic acid groups (broad SMARTS) is 1. The molecule has 10 nitrogen and oxygen atoms in total. The summed E-state index contributed by atoms with van der Waals surface area (Å²) < 4.78 is 23.3. The lowest BCUT2D eigenvalue weighted by atomic mass is 10.2. The van der Waals surface area contributed by atoms with Crippen LogP contribution in [0.25, 0.3) is 0 Å². The first-order chi connectivity index (χ1) is 13.2. The molecule has 2 saturated heterocycles. The van der Waals surface area contributed by atoms with Gasteiger partial charge < -0.3 is 24.7 Å². The third-order valence-corrected chi connectivity index (χ3v) is 9.16. The first-order valence-corrected chi connectivity index (χ1v) is 13.5. The molecule has 3 N–H and O–H groups in total. The number of fused-ring (bicyclic) bond motifs is 3. The van der Waals surface area contributed by atoms with Gasteiger partial charge in [-0.3, -0.25) is 23.7 Å². The first-order valence-electron chi connectivity index (χ1n) is 9.87. The summed E-state index contributed by atoms with van der Waals surface area (Å²) in [7, 11) is -6.60. The molecule has 4 atom stereocenters. The van der Waals surface area contributed by atoms with Gasteiger partial charge in [0.25, 0.3) is 0 Å². The lowest BCUT2D eigenvalue weighted by molar-refractivity contribution is -0.138. The van der Waals surface area contributed by atoms with Gasteiger partial charge in [-0.05, 0) is 32.5 Å². The Kier molecular flexibility index (Phi) is 10.1. The molecule has 4 unspecified atom stereocenters. The van der Waals surface area contributed by atoms with Crippen LogP contribution >= 0.6 is 15.4 Å². The van der Waals surface area contributed by atoms with E-state index in [9.17, 15) is 18.8 Å². The molecule has 164 valence electrons. The number of nitrogens with zero attached hydrogens (tertiary/aromatic N) is 4. The van der Waals surface area contributed by atoms with Crippen molar-refractivity contribution in [1.82, 2.24) is 19.6 Å². The monoisotopic (exact) mass is 440 g/mol. The van der Waals surface area contributed by atoms with Crippen molar-refractivity contribution in [1.29, 1.82) is 0 Å². The summed E-state index contributed by atoms with van der Waals surface area (Å²) in [5, 5.41) is 9.10. The van der Waals surface area contributed by atoms with Crippen molar-refractivity contribution in [2.24, 2.45) is 0 Å². The number of carbonyl (C=O) groups is 1. The molecule has 0 aromatic carbocycles. The minimum atomic E-state index is -3.64. The summed E-state index contributed by atoms with van der Waals surface area (Å²) >= 11 is 0. The number of carboxylic acids is 1. The van der Waals surface area contributed by atoms with E-state index in [-0.39, 0.29) is 12.8 Å². The number of aliphatic carboxylic acids is 1. The van der Waals surface area contributed by atoms with Crippen molar-refractivity contribution in [2.45, 2.75) is 12.8 Å². The standard InChI is InChI=1S/C16H34N4O6P2/c21-16(22)13-19-5-1-3-18-8-7-17(9-11-19)4-2-6-20(12-10-18)14-28(25,26)15-27(23)24/h27H,1-15H2,(H,21,22)(H,23,24)(H,25,26). The van der Waals surface area contributed by atoms with Crippen molar-refractivity contribution >= 4 is 21.4 Å². The molecule has 0 amide bonds. The van der Waals surface area contributed by atoms with Gasteiger partial charge in [0.1, 0.15) is 5.90 Å². The largest absolute Gasteiger partial charge is 0.480 e. The molecule has 2 bridgehead atoms. The van der Waals surface area contributed by atoms with E-state index < -0.39 is 27.3 Å². The van der Waals surface area contributed by atoms with Crippen LogP contribution in [0.4, 0.5) is 0 Å². The lowest BCUT2D eigenvalue weighted by Crippen LogP contribution is -2.47. The predicted molar refractivity (Wildman–Crippen MR) is 109 cm³/mol. The Balaban J connectivity index is 1.98. The molecule has 2 aliphatic rings. The Hall–Kier alpha value is -0.310. The molecule has 0 radical (unpaired) electrons. The Morgan fingerprint density at radius 2 is 1.36 bits per heavy atom. The molecule has 2 heterocycles. The molecule has 0 aromatic rings. The third-order valence-electron chi connectivity index (χ3n) is 5.26. The quantitative estimate of drug-likeness (QED) is 0.476. The van der Waals surface area contributed by atoms with Gasteiger partial charge in [-0.25, -0.2) is 0 Å². The maximum atomic E-state index is 12.3. The predicted octanol–water partition coefficient (Wildman–Crippen LogP) is -0.261. The van der Waals surface area contributed by atoms with E-state index in [0.717, 1.165) is 65.2 Å². The zero-order chi connectivity index (χ0) is 20.6. The Morgan fingerprint density at radius 1 is 0.857 bits per heavy atom. The maximum absolute atomic E-state index is 12.3. The average molecular weight is 440 g/mol. The molecule has 12 heteroatoms. The van der Waals surface area contributed by atoms with Crippen LogP contribution in [0.15, 0.2) is 0 Å². The van der Waals surface area contributed by atoms with Gasteiger partial charge in [-0.2, -0.15) is 0 Å². The highest BCUT2D eigenvalue weighted by Gasteiger charge is 2.26. The topological polar surface area (TPSA) is 125 Å². The van der Waals surface area contributed by atoms with E-state index in [1.807, 2.05) is 9.80 Å². The zero-order valence-electron chi connectivity index (χ0n) is 16.4. The van der Waals surface area contributed by atoms with Gasteiger partial charge in [0.2, 0.25) is 7.37 Å². The van der Waals surface area contributed by atoms with Crippen molar-refractivity contribution in [2.75, 3.05) is 84.2 Å². The second-order valence-corrected chi connectivity index (χ2v) is 11.7. The molecule has 0 saturated carbocycles. The van der Waals surface area contributed by atoms with Gasteiger partial charge in [0, 0.05) is 45.8 Å². The molecule has 2 aliphatic heterocycles. The summed E-state index contributed by atoms with van der Waals surface area (Å²) in [6.07, 6.45) is 1.69. The van der Waals surface area contributed by atoms with Gasteiger partial charge in [0.15, 0.2) is 8.03 Å². The van der Waals surface area contributed by atoms with Crippen LogP contribution in [0, 0.1) is 0 Å². The summed E-state index contributed by atoms with van der Waals surface area (Å²) in [6, 6.07) is 0. The average Bonchev–Trinajstić information content (AvgIpc) is 2.58. The van der Waals surface area contributed by atoms with E-state index in [1.165, 1.54) is 0 Å². The van der Waals surface area contributed by atoms with Crippen LogP contribution < -0.4 is 0 Å². The molecule has 0 aromatic heterocycles. The van der Waals surface area contributed by atoms with Crippen molar-refractivity contribution in [3.63, 3.8) is 0 Å². The van der Waals surface area contributed by atoms with Crippen LogP contribution in [0.1, 0.15) is 12.8 Å². The maximum Gasteiger partial charge on any atom is 0.317 e. The van der Waals surface area contributed by atoms with Crippen LogP contribution in [-0.2, 0) is 13.9 Å².